The summed E-state index contributed by atoms with van der Waals surface area (Å²) >= 11 is 1.34. The lowest BCUT2D eigenvalue weighted by Crippen LogP contribution is -2.46. The highest BCUT2D eigenvalue weighted by Crippen LogP contribution is 2.15. The molecule has 0 bridgehead atoms. The SMILES string of the molecule is CC(C)(C)OC(=O)N[C@@H](CCc1nc(C#N)cs1)C(=O)OC(C)(C)C. The Kier molecular flexibility index (Phi) is 6.94. The summed E-state index contributed by atoms with van der Waals surface area (Å²) < 4.78 is 10.6. The van der Waals surface area contributed by atoms with Gasteiger partial charge in [0.25, 0.3) is 0 Å². The zero-order chi connectivity index (χ0) is 19.3. The number of hydrogen-bond acceptors (Lipinski definition) is 7. The van der Waals surface area contributed by atoms with Gasteiger partial charge in [-0.05, 0) is 48.0 Å². The maximum absolute atomic E-state index is 12.4. The molecule has 1 atom stereocenters. The molecule has 7 nitrogen and oxygen atoms in total. The molecule has 1 N–H and O–H groups in total. The minimum atomic E-state index is -0.858. The quantitative estimate of drug-likeness (QED) is 0.802. The Morgan fingerprint density at radius 2 is 1.84 bits per heavy atom. The number of amides is 1. The predicted molar refractivity (Wildman–Crippen MR) is 94.2 cm³/mol. The molecule has 8 heteroatoms. The summed E-state index contributed by atoms with van der Waals surface area (Å²) in [6.07, 6.45) is 0.0544. The monoisotopic (exact) mass is 367 g/mol. The van der Waals surface area contributed by atoms with Crippen molar-refractivity contribution in [3.8, 4) is 6.07 Å². The van der Waals surface area contributed by atoms with Crippen molar-refractivity contribution in [2.75, 3.05) is 0 Å². The van der Waals surface area contributed by atoms with Crippen LogP contribution in [0.5, 0.6) is 0 Å². The first-order valence-corrected chi connectivity index (χ1v) is 8.84. The number of esters is 1. The molecule has 0 aromatic carbocycles. The van der Waals surface area contributed by atoms with Crippen LogP contribution < -0.4 is 5.32 Å². The number of nitriles is 1. The fourth-order valence-corrected chi connectivity index (χ4v) is 2.56. The van der Waals surface area contributed by atoms with Crippen LogP contribution in [-0.4, -0.2) is 34.3 Å². The van der Waals surface area contributed by atoms with Crippen LogP contribution in [0.2, 0.25) is 0 Å². The van der Waals surface area contributed by atoms with Crippen molar-refractivity contribution in [2.45, 2.75) is 71.6 Å². The minimum absolute atomic E-state index is 0.298. The Balaban J connectivity index is 2.78. The van der Waals surface area contributed by atoms with E-state index in [1.54, 1.807) is 46.9 Å². The van der Waals surface area contributed by atoms with Gasteiger partial charge < -0.3 is 14.8 Å². The summed E-state index contributed by atoms with van der Waals surface area (Å²) in [7, 11) is 0. The molecule has 25 heavy (non-hydrogen) atoms. The van der Waals surface area contributed by atoms with Gasteiger partial charge >= 0.3 is 12.1 Å². The minimum Gasteiger partial charge on any atom is -0.458 e. The van der Waals surface area contributed by atoms with Crippen molar-refractivity contribution in [2.24, 2.45) is 0 Å². The van der Waals surface area contributed by atoms with E-state index in [0.717, 1.165) is 5.01 Å². The molecule has 0 saturated heterocycles. The Bertz CT molecular complexity index is 650. The summed E-state index contributed by atoms with van der Waals surface area (Å²) in [6.45, 7) is 10.5. The molecule has 1 aromatic heterocycles. The number of carbonyl (C=O) groups is 2. The summed E-state index contributed by atoms with van der Waals surface area (Å²) in [5.74, 6) is -0.532. The number of alkyl carbamates (subject to hydrolysis) is 1. The highest BCUT2D eigenvalue weighted by atomic mass is 32.1. The van der Waals surface area contributed by atoms with Crippen LogP contribution in [0.25, 0.3) is 0 Å². The first kappa shape index (κ1) is 20.9. The van der Waals surface area contributed by atoms with Crippen molar-refractivity contribution in [3.63, 3.8) is 0 Å². The number of ether oxygens (including phenoxy) is 2. The molecule has 0 aliphatic heterocycles. The lowest BCUT2D eigenvalue weighted by molar-refractivity contribution is -0.157. The summed E-state index contributed by atoms with van der Waals surface area (Å²) in [4.78, 5) is 28.5. The number of hydrogen-bond donors (Lipinski definition) is 1. The largest absolute Gasteiger partial charge is 0.458 e. The molecule has 0 saturated carbocycles. The molecular formula is C17H25N3O4S. The highest BCUT2D eigenvalue weighted by molar-refractivity contribution is 7.09. The van der Waals surface area contributed by atoms with E-state index in [2.05, 4.69) is 10.3 Å². The Labute approximate surface area is 152 Å². The third kappa shape index (κ3) is 8.49. The number of thiazole rings is 1. The van der Waals surface area contributed by atoms with Crippen LogP contribution in [-0.2, 0) is 20.7 Å². The van der Waals surface area contributed by atoms with E-state index in [1.807, 2.05) is 6.07 Å². The molecule has 0 unspecified atom stereocenters. The Morgan fingerprint density at radius 1 is 1.24 bits per heavy atom. The molecule has 0 aliphatic rings. The topological polar surface area (TPSA) is 101 Å². The standard InChI is InChI=1S/C17H25N3O4S/c1-16(2,3)23-14(21)12(20-15(22)24-17(4,5)6)7-8-13-19-11(9-18)10-25-13/h10,12H,7-8H2,1-6H3,(H,20,22)/t12-/m0/s1. The van der Waals surface area contributed by atoms with E-state index in [0.29, 0.717) is 18.5 Å². The van der Waals surface area contributed by atoms with Gasteiger partial charge in [-0.1, -0.05) is 0 Å². The van der Waals surface area contributed by atoms with Crippen LogP contribution in [0.4, 0.5) is 4.79 Å². The van der Waals surface area contributed by atoms with Gasteiger partial charge in [0.2, 0.25) is 0 Å². The van der Waals surface area contributed by atoms with Crippen LogP contribution in [0.15, 0.2) is 5.38 Å². The van der Waals surface area contributed by atoms with Gasteiger partial charge in [0, 0.05) is 11.8 Å². The number of carbonyl (C=O) groups excluding carboxylic acids is 2. The molecular weight excluding hydrogens is 342 g/mol. The van der Waals surface area contributed by atoms with E-state index >= 15 is 0 Å². The lowest BCUT2D eigenvalue weighted by Gasteiger charge is -2.26. The Morgan fingerprint density at radius 3 is 2.32 bits per heavy atom. The van der Waals surface area contributed by atoms with E-state index in [1.165, 1.54) is 11.3 Å². The van der Waals surface area contributed by atoms with E-state index in [9.17, 15) is 9.59 Å². The van der Waals surface area contributed by atoms with Crippen molar-refractivity contribution < 1.29 is 19.1 Å². The second kappa shape index (κ2) is 8.30. The molecule has 0 radical (unpaired) electrons. The molecule has 0 aliphatic carbocycles. The lowest BCUT2D eigenvalue weighted by atomic mass is 10.1. The van der Waals surface area contributed by atoms with Crippen molar-refractivity contribution in [3.05, 3.63) is 16.1 Å². The molecule has 1 rings (SSSR count). The van der Waals surface area contributed by atoms with Crippen LogP contribution >= 0.6 is 11.3 Å². The number of aryl methyl sites for hydroxylation is 1. The first-order chi connectivity index (χ1) is 11.4. The van der Waals surface area contributed by atoms with Gasteiger partial charge in [0.05, 0.1) is 5.01 Å². The van der Waals surface area contributed by atoms with Gasteiger partial charge in [-0.2, -0.15) is 5.26 Å². The average molecular weight is 367 g/mol. The maximum Gasteiger partial charge on any atom is 0.408 e. The first-order valence-electron chi connectivity index (χ1n) is 7.96. The van der Waals surface area contributed by atoms with E-state index < -0.39 is 29.3 Å². The normalized spacial score (nSPS) is 12.8. The smallest absolute Gasteiger partial charge is 0.408 e. The van der Waals surface area contributed by atoms with Gasteiger partial charge in [-0.25, -0.2) is 14.6 Å². The second-order valence-corrected chi connectivity index (χ2v) is 8.45. The number of nitrogens with one attached hydrogen (secondary N) is 1. The summed E-state index contributed by atoms with van der Waals surface area (Å²) in [5, 5.41) is 13.8. The zero-order valence-corrected chi connectivity index (χ0v) is 16.3. The van der Waals surface area contributed by atoms with Crippen molar-refractivity contribution >= 4 is 23.4 Å². The fourth-order valence-electron chi connectivity index (χ4n) is 1.82. The van der Waals surface area contributed by atoms with E-state index in [4.69, 9.17) is 14.7 Å². The molecule has 1 amide bonds. The number of rotatable bonds is 5. The highest BCUT2D eigenvalue weighted by Gasteiger charge is 2.28. The fraction of sp³-hybridized carbons (Fsp3) is 0.647. The number of nitrogens with zero attached hydrogens (tertiary/aromatic N) is 2. The van der Waals surface area contributed by atoms with Crippen LogP contribution in [0.1, 0.15) is 58.7 Å². The van der Waals surface area contributed by atoms with Crippen LogP contribution in [0.3, 0.4) is 0 Å². The van der Waals surface area contributed by atoms with Crippen molar-refractivity contribution in [1.29, 1.82) is 5.26 Å². The van der Waals surface area contributed by atoms with Crippen molar-refractivity contribution in [1.82, 2.24) is 10.3 Å². The summed E-state index contributed by atoms with van der Waals surface area (Å²) in [5.41, 5.74) is -0.992. The van der Waals surface area contributed by atoms with Gasteiger partial charge in [-0.3, -0.25) is 0 Å². The summed E-state index contributed by atoms with van der Waals surface area (Å²) in [6, 6.07) is 1.11. The molecule has 0 spiro atoms. The van der Waals surface area contributed by atoms with Gasteiger partial charge in [0.1, 0.15) is 23.3 Å². The zero-order valence-electron chi connectivity index (χ0n) is 15.5. The maximum atomic E-state index is 12.4. The average Bonchev–Trinajstić information content (AvgIpc) is 2.87. The molecule has 1 heterocycles. The third-order valence-corrected chi connectivity index (χ3v) is 3.60. The second-order valence-electron chi connectivity index (χ2n) is 7.51. The molecule has 1 aromatic rings. The van der Waals surface area contributed by atoms with Gasteiger partial charge in [-0.15, -0.1) is 11.3 Å². The third-order valence-electron chi connectivity index (χ3n) is 2.70. The Hall–Kier alpha value is -2.14. The van der Waals surface area contributed by atoms with Gasteiger partial charge in [0.15, 0.2) is 5.69 Å². The molecule has 138 valence electrons. The number of aromatic nitrogens is 1. The molecule has 0 fully saturated rings. The predicted octanol–water partition coefficient (Wildman–Crippen LogP) is 3.18. The van der Waals surface area contributed by atoms with E-state index in [-0.39, 0.29) is 0 Å². The van der Waals surface area contributed by atoms with Crippen LogP contribution in [0, 0.1) is 11.3 Å².